The summed E-state index contributed by atoms with van der Waals surface area (Å²) in [5.74, 6) is -1.74. The third kappa shape index (κ3) is 44.4. The van der Waals surface area contributed by atoms with E-state index in [1.54, 1.807) is 0 Å². The van der Waals surface area contributed by atoms with E-state index in [9.17, 15) is 9.59 Å². The number of hydrogen-bond acceptors (Lipinski definition) is 4. The van der Waals surface area contributed by atoms with Crippen LogP contribution in [0.25, 0.3) is 0 Å². The van der Waals surface area contributed by atoms with Crippen LogP contribution < -0.4 is 10.6 Å². The van der Waals surface area contributed by atoms with Gasteiger partial charge in [0.25, 0.3) is 0 Å². The number of carboxylic acids is 2. The molecule has 0 saturated heterocycles. The van der Waals surface area contributed by atoms with E-state index in [1.807, 2.05) is 0 Å². The second kappa shape index (κ2) is 13.2. The maximum atomic E-state index is 9.90. The fourth-order valence-corrected chi connectivity index (χ4v) is 2.80. The van der Waals surface area contributed by atoms with Crippen LogP contribution >= 0.6 is 0 Å². The number of hydrogen-bond donors (Lipinski definition) is 4. The lowest BCUT2D eigenvalue weighted by Crippen LogP contribution is -2.48. The molecule has 4 N–H and O–H groups in total. The summed E-state index contributed by atoms with van der Waals surface area (Å²) in [7, 11) is 0. The van der Waals surface area contributed by atoms with E-state index in [0.717, 1.165) is 0 Å². The van der Waals surface area contributed by atoms with Crippen molar-refractivity contribution in [3.05, 3.63) is 0 Å². The third-order valence-electron chi connectivity index (χ3n) is 2.53. The predicted octanol–water partition coefficient (Wildman–Crippen LogP) is 5.06. The lowest BCUT2D eigenvalue weighted by molar-refractivity contribution is -0.139. The quantitative estimate of drug-likeness (QED) is 0.478. The minimum absolute atomic E-state index is 0.0628. The minimum atomic E-state index is -0.870. The van der Waals surface area contributed by atoms with Crippen molar-refractivity contribution in [3.8, 4) is 0 Å². The Morgan fingerprint density at radius 3 is 0.786 bits per heavy atom. The second-order valence-corrected chi connectivity index (χ2v) is 11.2. The summed E-state index contributed by atoms with van der Waals surface area (Å²) in [6, 6.07) is 0. The van der Waals surface area contributed by atoms with Gasteiger partial charge in [0.1, 0.15) is 0 Å². The van der Waals surface area contributed by atoms with E-state index in [0.29, 0.717) is 12.8 Å². The van der Waals surface area contributed by atoms with Gasteiger partial charge in [0.05, 0.1) is 0 Å². The smallest absolute Gasteiger partial charge is 0.303 e. The van der Waals surface area contributed by atoms with Crippen molar-refractivity contribution < 1.29 is 19.8 Å². The van der Waals surface area contributed by atoms with E-state index in [4.69, 9.17) is 10.2 Å². The molecule has 0 aromatic heterocycles. The van der Waals surface area contributed by atoms with Crippen LogP contribution in [-0.2, 0) is 9.59 Å². The van der Waals surface area contributed by atoms with E-state index in [2.05, 4.69) is 93.7 Å². The van der Waals surface area contributed by atoms with Crippen LogP contribution in [0.3, 0.4) is 0 Å². The van der Waals surface area contributed by atoms with E-state index >= 15 is 0 Å². The average molecular weight is 405 g/mol. The molecule has 6 nitrogen and oxygen atoms in total. The van der Waals surface area contributed by atoms with Gasteiger partial charge in [-0.3, -0.25) is 9.59 Å². The van der Waals surface area contributed by atoms with E-state index in [-0.39, 0.29) is 35.0 Å². The summed E-state index contributed by atoms with van der Waals surface area (Å²) in [4.78, 5) is 19.8. The molecular weight excluding hydrogens is 356 g/mol. The standard InChI is InChI=1S/2C8H19N.C6H10O4/c2*1-7(2,3)9-8(4,5)6;7-5(8)3-1-2-4-6(9)10/h2*9H,1-6H3;1-4H2,(H,7,8)(H,9,10). The summed E-state index contributed by atoms with van der Waals surface area (Å²) in [6.45, 7) is 26.1. The molecule has 0 aromatic rings. The highest BCUT2D eigenvalue weighted by molar-refractivity contribution is 5.67. The SMILES string of the molecule is CC(C)(C)NC(C)(C)C.CC(C)(C)NC(C)(C)C.O=C(O)CCCCC(=O)O. The van der Waals surface area contributed by atoms with Gasteiger partial charge in [0, 0.05) is 35.0 Å². The molecule has 0 unspecified atom stereocenters. The normalized spacial score (nSPS) is 12.3. The van der Waals surface area contributed by atoms with Crippen LogP contribution in [0.4, 0.5) is 0 Å². The number of unbranched alkanes of at least 4 members (excludes halogenated alkanes) is 1. The molecule has 0 bridgehead atoms. The first-order valence-corrected chi connectivity index (χ1v) is 10.1. The summed E-state index contributed by atoms with van der Waals surface area (Å²) < 4.78 is 0. The van der Waals surface area contributed by atoms with Crippen molar-refractivity contribution in [2.75, 3.05) is 0 Å². The van der Waals surface area contributed by atoms with Crippen molar-refractivity contribution in [1.29, 1.82) is 0 Å². The number of aliphatic carboxylic acids is 2. The number of carboxylic acid groups (broad SMARTS) is 2. The zero-order valence-electron chi connectivity index (χ0n) is 20.5. The number of carbonyl (C=O) groups is 2. The van der Waals surface area contributed by atoms with Gasteiger partial charge in [0.15, 0.2) is 0 Å². The van der Waals surface area contributed by atoms with Crippen molar-refractivity contribution >= 4 is 11.9 Å². The van der Waals surface area contributed by atoms with Gasteiger partial charge in [-0.25, -0.2) is 0 Å². The van der Waals surface area contributed by atoms with Gasteiger partial charge in [-0.05, 0) is 95.9 Å². The highest BCUT2D eigenvalue weighted by Crippen LogP contribution is 2.09. The Morgan fingerprint density at radius 2 is 0.714 bits per heavy atom. The van der Waals surface area contributed by atoms with E-state index in [1.165, 1.54) is 0 Å². The van der Waals surface area contributed by atoms with Gasteiger partial charge < -0.3 is 20.8 Å². The highest BCUT2D eigenvalue weighted by atomic mass is 16.4. The Labute approximate surface area is 173 Å². The Balaban J connectivity index is -0.000000336. The molecule has 0 aliphatic carbocycles. The van der Waals surface area contributed by atoms with Crippen molar-refractivity contribution in [3.63, 3.8) is 0 Å². The van der Waals surface area contributed by atoms with E-state index < -0.39 is 11.9 Å². The Morgan fingerprint density at radius 1 is 0.536 bits per heavy atom. The van der Waals surface area contributed by atoms with Crippen molar-refractivity contribution in [2.45, 2.75) is 131 Å². The third-order valence-corrected chi connectivity index (χ3v) is 2.53. The lowest BCUT2D eigenvalue weighted by atomic mass is 10.0. The van der Waals surface area contributed by atoms with Gasteiger partial charge in [-0.1, -0.05) is 0 Å². The predicted molar refractivity (Wildman–Crippen MR) is 119 cm³/mol. The first kappa shape index (κ1) is 31.6. The first-order valence-electron chi connectivity index (χ1n) is 10.1. The van der Waals surface area contributed by atoms with Gasteiger partial charge in [-0.15, -0.1) is 0 Å². The van der Waals surface area contributed by atoms with Crippen LogP contribution in [0.5, 0.6) is 0 Å². The second-order valence-electron chi connectivity index (χ2n) is 11.2. The first-order chi connectivity index (χ1) is 12.0. The van der Waals surface area contributed by atoms with Crippen LogP contribution in [0.15, 0.2) is 0 Å². The Bertz CT molecular complexity index is 367. The summed E-state index contributed by atoms with van der Waals surface area (Å²) >= 11 is 0. The largest absolute Gasteiger partial charge is 0.481 e. The van der Waals surface area contributed by atoms with Crippen molar-refractivity contribution in [1.82, 2.24) is 10.6 Å². The van der Waals surface area contributed by atoms with Gasteiger partial charge in [-0.2, -0.15) is 0 Å². The van der Waals surface area contributed by atoms with Gasteiger partial charge >= 0.3 is 11.9 Å². The molecule has 0 saturated carbocycles. The molecule has 28 heavy (non-hydrogen) atoms. The molecule has 6 heteroatoms. The molecule has 170 valence electrons. The van der Waals surface area contributed by atoms with Crippen LogP contribution in [0.1, 0.15) is 109 Å². The average Bonchev–Trinajstić information content (AvgIpc) is 2.26. The molecule has 0 aromatic carbocycles. The van der Waals surface area contributed by atoms with Crippen molar-refractivity contribution in [2.24, 2.45) is 0 Å². The minimum Gasteiger partial charge on any atom is -0.481 e. The summed E-state index contributed by atoms with van der Waals surface area (Å²) in [6.07, 6.45) is 1.02. The monoisotopic (exact) mass is 404 g/mol. The molecule has 0 atom stereocenters. The van der Waals surface area contributed by atoms with Crippen LogP contribution in [0.2, 0.25) is 0 Å². The van der Waals surface area contributed by atoms with Crippen LogP contribution in [-0.4, -0.2) is 44.3 Å². The fourth-order valence-electron chi connectivity index (χ4n) is 2.80. The number of nitrogens with one attached hydrogen (secondary N) is 2. The summed E-state index contributed by atoms with van der Waals surface area (Å²) in [5, 5.41) is 23.2. The molecule has 0 aliphatic heterocycles. The fraction of sp³-hybridized carbons (Fsp3) is 0.909. The molecule has 0 amide bonds. The Kier molecular flexibility index (Phi) is 14.8. The summed E-state index contributed by atoms with van der Waals surface area (Å²) in [5.41, 5.74) is 0.938. The van der Waals surface area contributed by atoms with Gasteiger partial charge in [0.2, 0.25) is 0 Å². The highest BCUT2D eigenvalue weighted by Gasteiger charge is 2.18. The zero-order chi connectivity index (χ0) is 23.4. The Hall–Kier alpha value is -1.14. The molecule has 0 spiro atoms. The molecular formula is C22H48N2O4. The lowest BCUT2D eigenvalue weighted by Gasteiger charge is -2.31. The molecule has 0 fully saturated rings. The zero-order valence-corrected chi connectivity index (χ0v) is 20.5. The maximum absolute atomic E-state index is 9.90. The maximum Gasteiger partial charge on any atom is 0.303 e. The number of rotatable bonds is 5. The molecule has 0 heterocycles. The molecule has 0 rings (SSSR count). The van der Waals surface area contributed by atoms with Crippen LogP contribution in [0, 0.1) is 0 Å². The molecule has 0 aliphatic rings. The topological polar surface area (TPSA) is 98.7 Å². The molecule has 0 radical (unpaired) electrons.